The Bertz CT molecular complexity index is 2280. The van der Waals surface area contributed by atoms with E-state index in [-0.39, 0.29) is 5.41 Å². The minimum absolute atomic E-state index is 0.104. The zero-order valence-corrected chi connectivity index (χ0v) is 24.7. The van der Waals surface area contributed by atoms with Gasteiger partial charge in [0.25, 0.3) is 0 Å². The molecule has 9 rings (SSSR count). The summed E-state index contributed by atoms with van der Waals surface area (Å²) in [6.45, 7) is 4.62. The Morgan fingerprint density at radius 2 is 1.18 bits per heavy atom. The molecular weight excluding hydrogens is 534 g/mol. The molecule has 0 unspecified atom stereocenters. The van der Waals surface area contributed by atoms with Gasteiger partial charge in [0.1, 0.15) is 0 Å². The standard InChI is InChI=1S/C41H29N3/c1-41(2)35-18-9-8-16-30(35)31-21-20-28(24-36(31)41)39-42-38(26-12-4-3-5-13-26)43-40(44-39)33-17-10-14-27-23-34-29-15-7-6-11-25(29)19-22-32(34)37(27)33/h3-22,24H,23H2,1-2H3. The summed E-state index contributed by atoms with van der Waals surface area (Å²) in [5.74, 6) is 2.08. The number of hydrogen-bond donors (Lipinski definition) is 0. The van der Waals surface area contributed by atoms with Crippen molar-refractivity contribution in [1.82, 2.24) is 15.0 Å². The quantitative estimate of drug-likeness (QED) is 0.215. The molecule has 0 bridgehead atoms. The van der Waals surface area contributed by atoms with Gasteiger partial charge in [-0.05, 0) is 67.8 Å². The van der Waals surface area contributed by atoms with E-state index in [1.807, 2.05) is 18.2 Å². The van der Waals surface area contributed by atoms with Gasteiger partial charge >= 0.3 is 0 Å². The monoisotopic (exact) mass is 563 g/mol. The molecule has 0 saturated heterocycles. The highest BCUT2D eigenvalue weighted by Crippen LogP contribution is 2.50. The summed E-state index contributed by atoms with van der Waals surface area (Å²) in [4.78, 5) is 15.4. The fourth-order valence-corrected chi connectivity index (χ4v) is 7.39. The lowest BCUT2D eigenvalue weighted by molar-refractivity contribution is 0.660. The zero-order valence-electron chi connectivity index (χ0n) is 24.7. The van der Waals surface area contributed by atoms with Crippen LogP contribution in [0.5, 0.6) is 0 Å². The number of benzene rings is 6. The summed E-state index contributed by atoms with van der Waals surface area (Å²) in [5, 5.41) is 2.59. The summed E-state index contributed by atoms with van der Waals surface area (Å²) < 4.78 is 0. The highest BCUT2D eigenvalue weighted by atomic mass is 15.0. The molecule has 3 nitrogen and oxygen atoms in total. The van der Waals surface area contributed by atoms with Crippen LogP contribution < -0.4 is 0 Å². The molecule has 0 saturated carbocycles. The van der Waals surface area contributed by atoms with Crippen LogP contribution in [0.15, 0.2) is 127 Å². The van der Waals surface area contributed by atoms with E-state index in [2.05, 4.69) is 123 Å². The molecule has 1 aromatic heterocycles. The molecule has 7 aromatic rings. The van der Waals surface area contributed by atoms with Gasteiger partial charge in [0, 0.05) is 22.1 Å². The highest BCUT2D eigenvalue weighted by molar-refractivity contribution is 5.98. The fourth-order valence-electron chi connectivity index (χ4n) is 7.39. The van der Waals surface area contributed by atoms with Crippen molar-refractivity contribution in [2.75, 3.05) is 0 Å². The SMILES string of the molecule is CC1(C)c2ccccc2-c2ccc(-c3nc(-c4ccccc4)nc(-c4cccc5c4-c4ccc6ccccc6c4C5)n3)cc21. The van der Waals surface area contributed by atoms with Gasteiger partial charge in [-0.2, -0.15) is 0 Å². The fraction of sp³-hybridized carbons (Fsp3) is 0.0976. The number of fused-ring (bicyclic) bond motifs is 8. The second-order valence-corrected chi connectivity index (χ2v) is 12.4. The summed E-state index contributed by atoms with van der Waals surface area (Å²) >= 11 is 0. The number of rotatable bonds is 3. The van der Waals surface area contributed by atoms with Crippen LogP contribution in [0.1, 0.15) is 36.1 Å². The van der Waals surface area contributed by atoms with Crippen molar-refractivity contribution >= 4 is 10.8 Å². The van der Waals surface area contributed by atoms with Crippen LogP contribution >= 0.6 is 0 Å². The van der Waals surface area contributed by atoms with Gasteiger partial charge in [-0.3, -0.25) is 0 Å². The molecule has 0 aliphatic heterocycles. The third-order valence-corrected chi connectivity index (χ3v) is 9.58. The molecule has 2 aliphatic rings. The molecular formula is C41H29N3. The summed E-state index contributed by atoms with van der Waals surface area (Å²) in [6, 6.07) is 45.4. The minimum Gasteiger partial charge on any atom is -0.208 e. The summed E-state index contributed by atoms with van der Waals surface area (Å²) in [5.41, 5.74) is 13.4. The third-order valence-electron chi connectivity index (χ3n) is 9.58. The Balaban J connectivity index is 1.25. The molecule has 0 atom stereocenters. The number of aromatic nitrogens is 3. The van der Waals surface area contributed by atoms with Gasteiger partial charge in [-0.15, -0.1) is 0 Å². The molecule has 2 aliphatic carbocycles. The molecule has 0 fully saturated rings. The average Bonchev–Trinajstić information content (AvgIpc) is 3.58. The second-order valence-electron chi connectivity index (χ2n) is 12.4. The first-order valence-corrected chi connectivity index (χ1v) is 15.3. The summed E-state index contributed by atoms with van der Waals surface area (Å²) in [7, 11) is 0. The Morgan fingerprint density at radius 3 is 2.07 bits per heavy atom. The Labute approximate surface area is 257 Å². The van der Waals surface area contributed by atoms with Crippen molar-refractivity contribution in [3.05, 3.63) is 150 Å². The largest absolute Gasteiger partial charge is 0.208 e. The van der Waals surface area contributed by atoms with Crippen molar-refractivity contribution < 1.29 is 0 Å². The van der Waals surface area contributed by atoms with Crippen molar-refractivity contribution in [1.29, 1.82) is 0 Å². The Kier molecular flexibility index (Phi) is 5.31. The van der Waals surface area contributed by atoms with Gasteiger partial charge < -0.3 is 0 Å². The lowest BCUT2D eigenvalue weighted by atomic mass is 9.82. The first-order chi connectivity index (χ1) is 21.6. The van der Waals surface area contributed by atoms with E-state index in [1.165, 1.54) is 55.3 Å². The van der Waals surface area contributed by atoms with Crippen molar-refractivity contribution in [3.63, 3.8) is 0 Å². The van der Waals surface area contributed by atoms with Crippen LogP contribution in [-0.2, 0) is 11.8 Å². The van der Waals surface area contributed by atoms with Gasteiger partial charge in [-0.1, -0.05) is 135 Å². The summed E-state index contributed by atoms with van der Waals surface area (Å²) in [6.07, 6.45) is 0.907. The average molecular weight is 564 g/mol. The van der Waals surface area contributed by atoms with Crippen LogP contribution in [0.2, 0.25) is 0 Å². The lowest BCUT2D eigenvalue weighted by Gasteiger charge is -2.21. The van der Waals surface area contributed by atoms with E-state index in [4.69, 9.17) is 15.0 Å². The van der Waals surface area contributed by atoms with E-state index in [0.717, 1.165) is 23.1 Å². The molecule has 44 heavy (non-hydrogen) atoms. The molecule has 1 heterocycles. The van der Waals surface area contributed by atoms with Gasteiger partial charge in [0.05, 0.1) is 0 Å². The normalized spacial score (nSPS) is 13.8. The molecule has 6 aromatic carbocycles. The Hall–Kier alpha value is -5.41. The van der Waals surface area contributed by atoms with E-state index in [1.54, 1.807) is 0 Å². The smallest absolute Gasteiger partial charge is 0.164 e. The first kappa shape index (κ1) is 25.1. The van der Waals surface area contributed by atoms with Crippen LogP contribution in [-0.4, -0.2) is 15.0 Å². The molecule has 3 heteroatoms. The first-order valence-electron chi connectivity index (χ1n) is 15.3. The van der Waals surface area contributed by atoms with Gasteiger partial charge in [0.15, 0.2) is 17.5 Å². The van der Waals surface area contributed by atoms with Crippen molar-refractivity contribution in [2.24, 2.45) is 0 Å². The topological polar surface area (TPSA) is 38.7 Å². The molecule has 0 radical (unpaired) electrons. The molecule has 0 spiro atoms. The Morgan fingerprint density at radius 1 is 0.500 bits per heavy atom. The highest BCUT2D eigenvalue weighted by Gasteiger charge is 2.35. The molecule has 0 N–H and O–H groups in total. The van der Waals surface area contributed by atoms with Gasteiger partial charge in [-0.25, -0.2) is 15.0 Å². The molecule has 0 amide bonds. The van der Waals surface area contributed by atoms with Crippen LogP contribution in [0, 0.1) is 0 Å². The van der Waals surface area contributed by atoms with Crippen LogP contribution in [0.4, 0.5) is 0 Å². The van der Waals surface area contributed by atoms with Gasteiger partial charge in [0.2, 0.25) is 0 Å². The van der Waals surface area contributed by atoms with E-state index < -0.39 is 0 Å². The van der Waals surface area contributed by atoms with Crippen molar-refractivity contribution in [2.45, 2.75) is 25.7 Å². The van der Waals surface area contributed by atoms with E-state index in [9.17, 15) is 0 Å². The third kappa shape index (κ3) is 3.66. The maximum Gasteiger partial charge on any atom is 0.164 e. The number of nitrogens with zero attached hydrogens (tertiary/aromatic N) is 3. The maximum atomic E-state index is 5.21. The van der Waals surface area contributed by atoms with Crippen LogP contribution in [0.3, 0.4) is 0 Å². The van der Waals surface area contributed by atoms with E-state index in [0.29, 0.717) is 17.5 Å². The zero-order chi connectivity index (χ0) is 29.4. The van der Waals surface area contributed by atoms with E-state index >= 15 is 0 Å². The maximum absolute atomic E-state index is 5.21. The predicted molar refractivity (Wildman–Crippen MR) is 179 cm³/mol. The lowest BCUT2D eigenvalue weighted by Crippen LogP contribution is -2.15. The number of hydrogen-bond acceptors (Lipinski definition) is 3. The minimum atomic E-state index is -0.104. The second kappa shape index (κ2) is 9.29. The van der Waals surface area contributed by atoms with Crippen LogP contribution in [0.25, 0.3) is 67.2 Å². The van der Waals surface area contributed by atoms with Crippen molar-refractivity contribution in [3.8, 4) is 56.4 Å². The predicted octanol–water partition coefficient (Wildman–Crippen LogP) is 9.90. The molecule has 208 valence electrons.